The van der Waals surface area contributed by atoms with Crippen molar-refractivity contribution in [2.45, 2.75) is 62.2 Å². The highest BCUT2D eigenvalue weighted by Crippen LogP contribution is 2.41. The lowest BCUT2D eigenvalue weighted by Gasteiger charge is -2.40. The van der Waals surface area contributed by atoms with Crippen LogP contribution in [0.25, 0.3) is 0 Å². The average Bonchev–Trinajstić information content (AvgIpc) is 3.32. The molecule has 3 atom stereocenters. The number of nitrogens with zero attached hydrogens (tertiary/aromatic N) is 3. The van der Waals surface area contributed by atoms with Crippen LogP contribution in [0.4, 0.5) is 19.0 Å². The number of rotatable bonds is 8. The first kappa shape index (κ1) is 28.0. The molecule has 2 fully saturated rings. The smallest absolute Gasteiger partial charge is 0.228 e. The van der Waals surface area contributed by atoms with Gasteiger partial charge < -0.3 is 5.32 Å². The number of carbonyl (C=O) groups is 3. The van der Waals surface area contributed by atoms with Crippen molar-refractivity contribution in [2.75, 3.05) is 4.90 Å². The van der Waals surface area contributed by atoms with Crippen molar-refractivity contribution in [1.82, 2.24) is 10.3 Å². The minimum Gasteiger partial charge on any atom is -0.353 e. The molecule has 0 radical (unpaired) electrons. The summed E-state index contributed by atoms with van der Waals surface area (Å²) in [6.07, 6.45) is 1.55. The van der Waals surface area contributed by atoms with Gasteiger partial charge in [0.05, 0.1) is 29.5 Å². The van der Waals surface area contributed by atoms with Crippen molar-refractivity contribution in [3.63, 3.8) is 0 Å². The van der Waals surface area contributed by atoms with Crippen LogP contribution in [-0.4, -0.2) is 40.3 Å². The topological polar surface area (TPSA) is 103 Å². The van der Waals surface area contributed by atoms with Crippen LogP contribution in [-0.2, 0) is 14.4 Å². The fourth-order valence-corrected chi connectivity index (χ4v) is 5.85. The van der Waals surface area contributed by atoms with E-state index in [4.69, 9.17) is 0 Å². The molecule has 5 rings (SSSR count). The molecule has 2 heterocycles. The number of Topliss-reactive ketones (excluding diaryl/α,β-unsaturated/α-hetero) is 1. The summed E-state index contributed by atoms with van der Waals surface area (Å²) in [5.41, 5.74) is -1.18. The zero-order chi connectivity index (χ0) is 29.3. The molecular weight excluding hydrogens is 533 g/mol. The van der Waals surface area contributed by atoms with Gasteiger partial charge in [-0.25, -0.2) is 18.2 Å². The predicted molar refractivity (Wildman–Crippen MR) is 143 cm³/mol. The van der Waals surface area contributed by atoms with Crippen LogP contribution < -0.4 is 10.2 Å². The molecule has 1 aliphatic carbocycles. The van der Waals surface area contributed by atoms with Gasteiger partial charge in [-0.15, -0.1) is 0 Å². The van der Waals surface area contributed by atoms with Crippen LogP contribution in [0.3, 0.4) is 0 Å². The van der Waals surface area contributed by atoms with E-state index in [1.165, 1.54) is 66.6 Å². The Bertz CT molecular complexity index is 1550. The molecule has 2 amide bonds. The number of amides is 2. The summed E-state index contributed by atoms with van der Waals surface area (Å²) in [4.78, 5) is 46.7. The van der Waals surface area contributed by atoms with Gasteiger partial charge in [-0.3, -0.25) is 19.3 Å². The second-order valence-electron chi connectivity index (χ2n) is 10.8. The van der Waals surface area contributed by atoms with Crippen LogP contribution in [0.15, 0.2) is 66.9 Å². The third kappa shape index (κ3) is 5.71. The molecule has 210 valence electrons. The maximum absolute atomic E-state index is 15.3. The normalized spacial score (nSPS) is 23.3. The van der Waals surface area contributed by atoms with Crippen LogP contribution in [0.5, 0.6) is 0 Å². The van der Waals surface area contributed by atoms with Crippen LogP contribution >= 0.6 is 0 Å². The van der Waals surface area contributed by atoms with Crippen molar-refractivity contribution in [3.05, 3.63) is 95.2 Å². The molecule has 41 heavy (non-hydrogen) atoms. The summed E-state index contributed by atoms with van der Waals surface area (Å²) in [7, 11) is 0. The summed E-state index contributed by atoms with van der Waals surface area (Å²) in [6.45, 7) is 1.42. The second kappa shape index (κ2) is 11.2. The van der Waals surface area contributed by atoms with Crippen LogP contribution in [0.1, 0.15) is 61.1 Å². The number of nitriles is 1. The Balaban J connectivity index is 1.61. The second-order valence-corrected chi connectivity index (χ2v) is 10.8. The number of alkyl halides is 1. The van der Waals surface area contributed by atoms with E-state index in [2.05, 4.69) is 10.3 Å². The van der Waals surface area contributed by atoms with E-state index in [-0.39, 0.29) is 48.2 Å². The number of hydrogen-bond donors (Lipinski definition) is 1. The number of nitrogens with one attached hydrogen (secondary N) is 1. The van der Waals surface area contributed by atoms with Crippen molar-refractivity contribution < 1.29 is 27.6 Å². The first-order valence-corrected chi connectivity index (χ1v) is 13.3. The Morgan fingerprint density at radius 1 is 1.10 bits per heavy atom. The quantitative estimate of drug-likeness (QED) is 0.424. The largest absolute Gasteiger partial charge is 0.353 e. The van der Waals surface area contributed by atoms with Gasteiger partial charge in [0.2, 0.25) is 11.8 Å². The van der Waals surface area contributed by atoms with E-state index in [1.807, 2.05) is 6.07 Å². The minimum absolute atomic E-state index is 0.00153. The Morgan fingerprint density at radius 2 is 1.85 bits per heavy atom. The maximum atomic E-state index is 15.3. The van der Waals surface area contributed by atoms with Crippen molar-refractivity contribution >= 4 is 23.4 Å². The molecule has 10 heteroatoms. The summed E-state index contributed by atoms with van der Waals surface area (Å²) in [5, 5.41) is 12.1. The highest BCUT2D eigenvalue weighted by molar-refractivity contribution is 6.07. The number of pyridine rings is 1. The third-order valence-corrected chi connectivity index (χ3v) is 7.72. The van der Waals surface area contributed by atoms with Crippen molar-refractivity contribution in [2.24, 2.45) is 0 Å². The SMILES string of the molecule is CC1(F)CC(NC(=O)[C@H](c2ccccc2F)C(C(=O)[C@@H]2CCC(=O)N2c2cc(C#N)ccn2)c2cccc(F)c2)C1. The summed E-state index contributed by atoms with van der Waals surface area (Å²) in [5.74, 6) is -5.91. The molecule has 1 aliphatic heterocycles. The van der Waals surface area contributed by atoms with E-state index in [0.29, 0.717) is 0 Å². The fourth-order valence-electron chi connectivity index (χ4n) is 5.85. The first-order valence-electron chi connectivity index (χ1n) is 13.3. The zero-order valence-corrected chi connectivity index (χ0v) is 22.2. The van der Waals surface area contributed by atoms with E-state index < -0.39 is 58.8 Å². The van der Waals surface area contributed by atoms with Gasteiger partial charge in [-0.05, 0) is 49.2 Å². The highest BCUT2D eigenvalue weighted by atomic mass is 19.1. The first-order chi connectivity index (χ1) is 19.6. The van der Waals surface area contributed by atoms with Gasteiger partial charge in [0.25, 0.3) is 0 Å². The van der Waals surface area contributed by atoms with Crippen molar-refractivity contribution in [3.8, 4) is 6.07 Å². The summed E-state index contributed by atoms with van der Waals surface area (Å²) >= 11 is 0. The molecule has 2 aromatic carbocycles. The number of ketones is 1. The molecule has 3 aromatic rings. The van der Waals surface area contributed by atoms with E-state index in [1.54, 1.807) is 0 Å². The molecular formula is C31H27F3N4O3. The molecule has 1 aromatic heterocycles. The van der Waals surface area contributed by atoms with Gasteiger partial charge in [0.1, 0.15) is 23.1 Å². The van der Waals surface area contributed by atoms with Gasteiger partial charge in [0, 0.05) is 37.1 Å². The predicted octanol–water partition coefficient (Wildman–Crippen LogP) is 4.87. The van der Waals surface area contributed by atoms with Gasteiger partial charge in [-0.2, -0.15) is 5.26 Å². The van der Waals surface area contributed by atoms with E-state index in [9.17, 15) is 28.4 Å². The number of anilines is 1. The molecule has 7 nitrogen and oxygen atoms in total. The lowest BCUT2D eigenvalue weighted by atomic mass is 9.74. The summed E-state index contributed by atoms with van der Waals surface area (Å²) in [6, 6.07) is 13.9. The molecule has 1 saturated carbocycles. The average molecular weight is 561 g/mol. The lowest BCUT2D eigenvalue weighted by molar-refractivity contribution is -0.130. The Labute approximate surface area is 235 Å². The van der Waals surface area contributed by atoms with Crippen LogP contribution in [0.2, 0.25) is 0 Å². The highest BCUT2D eigenvalue weighted by Gasteiger charge is 2.48. The van der Waals surface area contributed by atoms with Crippen molar-refractivity contribution in [1.29, 1.82) is 5.26 Å². The standard InChI is InChI=1S/C31H27F3N4O3/c1-31(34)15-21(16-31)37-30(41)28(22-7-2-3-8-23(22)33)27(19-5-4-6-20(32)14-19)29(40)24-9-10-26(39)38(24)25-13-18(17-35)11-12-36-25/h2-8,11-14,21,24,27-28H,9-10,15-16H2,1H3,(H,37,41)/t21?,24-,27?,28+,31?/m0/s1. The Hall–Kier alpha value is -4.52. The fraction of sp³-hybridized carbons (Fsp3) is 0.323. The van der Waals surface area contributed by atoms with E-state index in [0.717, 1.165) is 12.1 Å². The molecule has 0 spiro atoms. The Morgan fingerprint density at radius 3 is 2.54 bits per heavy atom. The molecule has 1 saturated heterocycles. The van der Waals surface area contributed by atoms with E-state index >= 15 is 4.39 Å². The maximum Gasteiger partial charge on any atom is 0.228 e. The lowest BCUT2D eigenvalue weighted by Crippen LogP contribution is -2.53. The number of aromatic nitrogens is 1. The molecule has 2 aliphatic rings. The minimum atomic E-state index is -1.45. The Kier molecular flexibility index (Phi) is 7.63. The number of hydrogen-bond acceptors (Lipinski definition) is 5. The number of halogens is 3. The zero-order valence-electron chi connectivity index (χ0n) is 22.2. The van der Waals surface area contributed by atoms with Gasteiger partial charge in [-0.1, -0.05) is 30.3 Å². The number of benzene rings is 2. The number of carbonyl (C=O) groups excluding carboxylic acids is 3. The third-order valence-electron chi connectivity index (χ3n) is 7.72. The van der Waals surface area contributed by atoms with Crippen LogP contribution in [0, 0.1) is 23.0 Å². The summed E-state index contributed by atoms with van der Waals surface area (Å²) < 4.78 is 44.1. The molecule has 0 bridgehead atoms. The monoisotopic (exact) mass is 560 g/mol. The van der Waals surface area contributed by atoms with Gasteiger partial charge >= 0.3 is 0 Å². The molecule has 1 N–H and O–H groups in total. The molecule has 1 unspecified atom stereocenters. The van der Waals surface area contributed by atoms with Gasteiger partial charge in [0.15, 0.2) is 5.78 Å².